The Balaban J connectivity index is 2.48. The second kappa shape index (κ2) is 5.51. The molecule has 0 aromatic carbocycles. The number of hydrogen-bond donors (Lipinski definition) is 2. The maximum atomic E-state index is 11.8. The molecule has 0 bridgehead atoms. The number of rotatable bonds is 3. The predicted molar refractivity (Wildman–Crippen MR) is 59.4 cm³/mol. The topological polar surface area (TPSA) is 90.0 Å². The SMILES string of the molecule is CNC(=O)CN(C)C(=O)N1CCC(C(=O)O)C1. The third-order valence-corrected chi connectivity index (χ3v) is 2.79. The molecule has 1 fully saturated rings. The molecule has 1 atom stereocenters. The van der Waals surface area contributed by atoms with Crippen LogP contribution in [0.3, 0.4) is 0 Å². The highest BCUT2D eigenvalue weighted by molar-refractivity contribution is 5.84. The molecular formula is C10H17N3O4. The first kappa shape index (κ1) is 13.3. The Morgan fingerprint density at radius 3 is 2.59 bits per heavy atom. The third kappa shape index (κ3) is 3.33. The van der Waals surface area contributed by atoms with Crippen molar-refractivity contribution < 1.29 is 19.5 Å². The predicted octanol–water partition coefficient (Wildman–Crippen LogP) is -0.809. The minimum absolute atomic E-state index is 0.0242. The summed E-state index contributed by atoms with van der Waals surface area (Å²) in [4.78, 5) is 36.4. The number of urea groups is 1. The Labute approximate surface area is 99.4 Å². The van der Waals surface area contributed by atoms with Gasteiger partial charge in [-0.3, -0.25) is 9.59 Å². The fourth-order valence-electron chi connectivity index (χ4n) is 1.74. The van der Waals surface area contributed by atoms with E-state index in [1.54, 1.807) is 0 Å². The molecule has 0 saturated carbocycles. The minimum Gasteiger partial charge on any atom is -0.481 e. The normalized spacial score (nSPS) is 18.9. The molecule has 1 heterocycles. The van der Waals surface area contributed by atoms with Gasteiger partial charge in [-0.05, 0) is 6.42 Å². The zero-order valence-electron chi connectivity index (χ0n) is 9.97. The van der Waals surface area contributed by atoms with Crippen molar-refractivity contribution in [3.05, 3.63) is 0 Å². The van der Waals surface area contributed by atoms with Crippen molar-refractivity contribution in [3.63, 3.8) is 0 Å². The Morgan fingerprint density at radius 2 is 2.12 bits per heavy atom. The highest BCUT2D eigenvalue weighted by Crippen LogP contribution is 2.17. The Bertz CT molecular complexity index is 332. The van der Waals surface area contributed by atoms with Gasteiger partial charge in [0.15, 0.2) is 0 Å². The van der Waals surface area contributed by atoms with Crippen LogP contribution in [0.1, 0.15) is 6.42 Å². The van der Waals surface area contributed by atoms with Crippen molar-refractivity contribution in [2.75, 3.05) is 33.7 Å². The van der Waals surface area contributed by atoms with Crippen LogP contribution in [-0.4, -0.2) is 66.5 Å². The fourth-order valence-corrected chi connectivity index (χ4v) is 1.74. The average molecular weight is 243 g/mol. The van der Waals surface area contributed by atoms with Crippen LogP contribution < -0.4 is 5.32 Å². The number of aliphatic carboxylic acids is 1. The van der Waals surface area contributed by atoms with E-state index in [1.165, 1.54) is 23.9 Å². The fraction of sp³-hybridized carbons (Fsp3) is 0.700. The molecule has 0 aliphatic carbocycles. The first-order valence-electron chi connectivity index (χ1n) is 5.39. The summed E-state index contributed by atoms with van der Waals surface area (Å²) in [7, 11) is 3.02. The second-order valence-corrected chi connectivity index (χ2v) is 4.08. The van der Waals surface area contributed by atoms with E-state index in [9.17, 15) is 14.4 Å². The molecule has 2 N–H and O–H groups in total. The van der Waals surface area contributed by atoms with E-state index in [1.807, 2.05) is 0 Å². The van der Waals surface area contributed by atoms with Crippen LogP contribution in [0.5, 0.6) is 0 Å². The molecule has 1 unspecified atom stereocenters. The van der Waals surface area contributed by atoms with E-state index in [2.05, 4.69) is 5.32 Å². The largest absolute Gasteiger partial charge is 0.481 e. The van der Waals surface area contributed by atoms with Crippen LogP contribution in [0, 0.1) is 5.92 Å². The van der Waals surface area contributed by atoms with Crippen molar-refractivity contribution in [2.45, 2.75) is 6.42 Å². The van der Waals surface area contributed by atoms with Crippen LogP contribution in [0.25, 0.3) is 0 Å². The van der Waals surface area contributed by atoms with E-state index in [0.717, 1.165) is 0 Å². The summed E-state index contributed by atoms with van der Waals surface area (Å²) in [6, 6.07) is -0.308. The molecule has 0 spiro atoms. The van der Waals surface area contributed by atoms with Crippen LogP contribution in [-0.2, 0) is 9.59 Å². The molecule has 3 amide bonds. The smallest absolute Gasteiger partial charge is 0.320 e. The van der Waals surface area contributed by atoms with E-state index in [4.69, 9.17) is 5.11 Å². The lowest BCUT2D eigenvalue weighted by atomic mass is 10.1. The highest BCUT2D eigenvalue weighted by Gasteiger charge is 2.32. The molecule has 1 aliphatic heterocycles. The van der Waals surface area contributed by atoms with Crippen molar-refractivity contribution >= 4 is 17.9 Å². The van der Waals surface area contributed by atoms with Crippen molar-refractivity contribution in [2.24, 2.45) is 5.92 Å². The number of nitrogens with one attached hydrogen (secondary N) is 1. The lowest BCUT2D eigenvalue weighted by Gasteiger charge is -2.23. The molecule has 0 aromatic heterocycles. The van der Waals surface area contributed by atoms with E-state index in [-0.39, 0.29) is 25.0 Å². The van der Waals surface area contributed by atoms with Gasteiger partial charge in [-0.15, -0.1) is 0 Å². The first-order valence-corrected chi connectivity index (χ1v) is 5.39. The highest BCUT2D eigenvalue weighted by atomic mass is 16.4. The van der Waals surface area contributed by atoms with Gasteiger partial charge in [-0.25, -0.2) is 4.79 Å². The standard InChI is InChI=1S/C10H17N3O4/c1-11-8(14)6-12(2)10(17)13-4-3-7(5-13)9(15)16/h7H,3-6H2,1-2H3,(H,11,14)(H,15,16). The molecule has 1 saturated heterocycles. The van der Waals surface area contributed by atoms with Crippen LogP contribution in [0.2, 0.25) is 0 Å². The number of amides is 3. The number of carbonyl (C=O) groups is 3. The Hall–Kier alpha value is -1.79. The molecule has 17 heavy (non-hydrogen) atoms. The number of carboxylic acids is 1. The zero-order valence-corrected chi connectivity index (χ0v) is 9.97. The summed E-state index contributed by atoms with van der Waals surface area (Å²) in [6.45, 7) is 0.615. The van der Waals surface area contributed by atoms with E-state index in [0.29, 0.717) is 13.0 Å². The monoisotopic (exact) mass is 243 g/mol. The van der Waals surface area contributed by atoms with Gasteiger partial charge in [-0.1, -0.05) is 0 Å². The van der Waals surface area contributed by atoms with Gasteiger partial charge in [0.05, 0.1) is 5.92 Å². The van der Waals surface area contributed by atoms with Crippen LogP contribution in [0.4, 0.5) is 4.79 Å². The second-order valence-electron chi connectivity index (χ2n) is 4.08. The van der Waals surface area contributed by atoms with E-state index < -0.39 is 11.9 Å². The van der Waals surface area contributed by atoms with Gasteiger partial charge >= 0.3 is 12.0 Å². The number of likely N-dealkylation sites (tertiary alicyclic amines) is 1. The van der Waals surface area contributed by atoms with Gasteiger partial charge in [0.1, 0.15) is 6.54 Å². The first-order chi connectivity index (χ1) is 7.95. The molecule has 96 valence electrons. The lowest BCUT2D eigenvalue weighted by Crippen LogP contribution is -2.44. The summed E-state index contributed by atoms with van der Waals surface area (Å²) in [6.07, 6.45) is 0.467. The zero-order chi connectivity index (χ0) is 13.0. The molecule has 0 radical (unpaired) electrons. The van der Waals surface area contributed by atoms with Gasteiger partial charge < -0.3 is 20.2 Å². The number of likely N-dealkylation sites (N-methyl/N-ethyl adjacent to an activating group) is 2. The molecule has 1 aliphatic rings. The van der Waals surface area contributed by atoms with Gasteiger partial charge in [-0.2, -0.15) is 0 Å². The molecular weight excluding hydrogens is 226 g/mol. The Morgan fingerprint density at radius 1 is 1.47 bits per heavy atom. The van der Waals surface area contributed by atoms with Crippen LogP contribution in [0.15, 0.2) is 0 Å². The molecule has 7 nitrogen and oxygen atoms in total. The maximum absolute atomic E-state index is 11.8. The van der Waals surface area contributed by atoms with Gasteiger partial charge in [0.2, 0.25) is 5.91 Å². The average Bonchev–Trinajstić information content (AvgIpc) is 2.77. The minimum atomic E-state index is -0.880. The van der Waals surface area contributed by atoms with Crippen molar-refractivity contribution in [3.8, 4) is 0 Å². The summed E-state index contributed by atoms with van der Waals surface area (Å²) in [5, 5.41) is 11.2. The van der Waals surface area contributed by atoms with Gasteiger partial charge in [0, 0.05) is 27.2 Å². The van der Waals surface area contributed by atoms with Gasteiger partial charge in [0.25, 0.3) is 0 Å². The van der Waals surface area contributed by atoms with E-state index >= 15 is 0 Å². The number of hydrogen-bond acceptors (Lipinski definition) is 3. The quantitative estimate of drug-likeness (QED) is 0.678. The van der Waals surface area contributed by atoms with Crippen LogP contribution >= 0.6 is 0 Å². The summed E-state index contributed by atoms with van der Waals surface area (Å²) in [5.41, 5.74) is 0. The summed E-state index contributed by atoms with van der Waals surface area (Å²) < 4.78 is 0. The molecule has 7 heteroatoms. The number of carbonyl (C=O) groups excluding carboxylic acids is 2. The maximum Gasteiger partial charge on any atom is 0.320 e. The lowest BCUT2D eigenvalue weighted by molar-refractivity contribution is -0.141. The number of carboxylic acid groups (broad SMARTS) is 1. The third-order valence-electron chi connectivity index (χ3n) is 2.79. The van der Waals surface area contributed by atoms with Crippen molar-refractivity contribution in [1.82, 2.24) is 15.1 Å². The summed E-state index contributed by atoms with van der Waals surface area (Å²) in [5.74, 6) is -1.63. The summed E-state index contributed by atoms with van der Waals surface area (Å²) >= 11 is 0. The Kier molecular flexibility index (Phi) is 4.30. The number of nitrogens with zero attached hydrogens (tertiary/aromatic N) is 2. The molecule has 1 rings (SSSR count). The van der Waals surface area contributed by atoms with Crippen molar-refractivity contribution in [1.29, 1.82) is 0 Å². The molecule has 0 aromatic rings.